The second-order valence-corrected chi connectivity index (χ2v) is 10.2. The Morgan fingerprint density at radius 2 is 1.42 bits per heavy atom. The molecule has 166 valence electrons. The highest BCUT2D eigenvalue weighted by atomic mass is 32.2. The highest BCUT2D eigenvalue weighted by Gasteiger charge is 2.26. The van der Waals surface area contributed by atoms with E-state index in [1.165, 1.54) is 16.4 Å². The summed E-state index contributed by atoms with van der Waals surface area (Å²) in [5.41, 5.74) is 2.30. The summed E-state index contributed by atoms with van der Waals surface area (Å²) in [6, 6.07) is 14.0. The molecular weight excluding hydrogens is 412 g/mol. The van der Waals surface area contributed by atoms with Crippen LogP contribution in [0.3, 0.4) is 0 Å². The normalized spacial score (nSPS) is 18.7. The van der Waals surface area contributed by atoms with E-state index < -0.39 is 10.0 Å². The molecule has 0 radical (unpaired) electrons. The van der Waals surface area contributed by atoms with Gasteiger partial charge < -0.3 is 15.1 Å². The monoisotopic (exact) mass is 442 g/mol. The summed E-state index contributed by atoms with van der Waals surface area (Å²) in [6.45, 7) is 5.21. The molecule has 0 atom stereocenters. The van der Waals surface area contributed by atoms with Gasteiger partial charge in [-0.05, 0) is 68.4 Å². The summed E-state index contributed by atoms with van der Waals surface area (Å²) in [4.78, 5) is 17.5. The van der Waals surface area contributed by atoms with Gasteiger partial charge in [0.05, 0.1) is 4.90 Å². The minimum absolute atomic E-state index is 0.238. The van der Waals surface area contributed by atoms with Crippen LogP contribution < -0.4 is 10.2 Å². The lowest BCUT2D eigenvalue weighted by molar-refractivity contribution is 0.102. The van der Waals surface area contributed by atoms with Gasteiger partial charge in [-0.2, -0.15) is 4.31 Å². The molecule has 4 rings (SSSR count). The lowest BCUT2D eigenvalue weighted by atomic mass is 10.2. The highest BCUT2D eigenvalue weighted by Crippen LogP contribution is 2.22. The fourth-order valence-electron chi connectivity index (χ4n) is 4.06. The Hall–Kier alpha value is -2.42. The number of sulfonamides is 1. The number of rotatable bonds is 5. The SMILES string of the molecule is CN1CCN(c2ccc(NC(=O)c3ccc(S(=O)(=O)N4CCCCC4)cc3)cc2)CC1. The predicted molar refractivity (Wildman–Crippen MR) is 123 cm³/mol. The van der Waals surface area contributed by atoms with Crippen molar-refractivity contribution in [1.29, 1.82) is 0 Å². The molecule has 0 bridgehead atoms. The van der Waals surface area contributed by atoms with Crippen molar-refractivity contribution in [2.24, 2.45) is 0 Å². The molecule has 0 unspecified atom stereocenters. The molecule has 2 fully saturated rings. The summed E-state index contributed by atoms with van der Waals surface area (Å²) < 4.78 is 27.1. The Kier molecular flexibility index (Phi) is 6.60. The molecule has 0 spiro atoms. The van der Waals surface area contributed by atoms with E-state index in [0.717, 1.165) is 51.1 Å². The number of amides is 1. The summed E-state index contributed by atoms with van der Waals surface area (Å²) in [5, 5.41) is 2.89. The largest absolute Gasteiger partial charge is 0.369 e. The number of anilines is 2. The minimum Gasteiger partial charge on any atom is -0.369 e. The van der Waals surface area contributed by atoms with Crippen molar-refractivity contribution in [3.8, 4) is 0 Å². The predicted octanol–water partition coefficient (Wildman–Crippen LogP) is 2.87. The number of nitrogens with zero attached hydrogens (tertiary/aromatic N) is 3. The summed E-state index contributed by atoms with van der Waals surface area (Å²) in [5.74, 6) is -0.255. The average molecular weight is 443 g/mol. The topological polar surface area (TPSA) is 73.0 Å². The van der Waals surface area contributed by atoms with Crippen LogP contribution in [0.1, 0.15) is 29.6 Å². The molecule has 31 heavy (non-hydrogen) atoms. The van der Waals surface area contributed by atoms with Crippen molar-refractivity contribution in [2.45, 2.75) is 24.2 Å². The number of piperidine rings is 1. The van der Waals surface area contributed by atoms with E-state index in [1.54, 1.807) is 12.1 Å². The maximum absolute atomic E-state index is 12.8. The van der Waals surface area contributed by atoms with Crippen LogP contribution in [0.5, 0.6) is 0 Å². The fraction of sp³-hybridized carbons (Fsp3) is 0.435. The van der Waals surface area contributed by atoms with Crippen LogP contribution >= 0.6 is 0 Å². The molecule has 0 aromatic heterocycles. The molecule has 0 saturated carbocycles. The smallest absolute Gasteiger partial charge is 0.255 e. The van der Waals surface area contributed by atoms with E-state index in [-0.39, 0.29) is 10.8 Å². The first-order chi connectivity index (χ1) is 14.9. The Morgan fingerprint density at radius 3 is 2.03 bits per heavy atom. The summed E-state index contributed by atoms with van der Waals surface area (Å²) >= 11 is 0. The molecule has 2 aromatic carbocycles. The molecule has 8 heteroatoms. The molecule has 2 aliphatic heterocycles. The molecule has 2 saturated heterocycles. The maximum atomic E-state index is 12.8. The molecule has 0 aliphatic carbocycles. The summed E-state index contributed by atoms with van der Waals surface area (Å²) in [6.07, 6.45) is 2.86. The van der Waals surface area contributed by atoms with E-state index in [1.807, 2.05) is 24.3 Å². The Morgan fingerprint density at radius 1 is 0.806 bits per heavy atom. The third-order valence-corrected chi connectivity index (χ3v) is 7.98. The van der Waals surface area contributed by atoms with Gasteiger partial charge in [-0.1, -0.05) is 6.42 Å². The number of hydrogen-bond acceptors (Lipinski definition) is 5. The number of carbonyl (C=O) groups is 1. The first kappa shape index (κ1) is 21.8. The van der Waals surface area contributed by atoms with Crippen LogP contribution in [0.15, 0.2) is 53.4 Å². The molecule has 1 amide bonds. The third-order valence-electron chi connectivity index (χ3n) is 6.06. The number of likely N-dealkylation sites (N-methyl/N-ethyl adjacent to an activating group) is 1. The zero-order valence-corrected chi connectivity index (χ0v) is 18.8. The Bertz CT molecular complexity index is 992. The van der Waals surface area contributed by atoms with E-state index in [4.69, 9.17) is 0 Å². The van der Waals surface area contributed by atoms with E-state index >= 15 is 0 Å². The van der Waals surface area contributed by atoms with Crippen molar-refractivity contribution in [3.05, 3.63) is 54.1 Å². The van der Waals surface area contributed by atoms with Crippen LogP contribution in [-0.2, 0) is 10.0 Å². The second-order valence-electron chi connectivity index (χ2n) is 8.28. The Labute approximate surface area is 184 Å². The van der Waals surface area contributed by atoms with Crippen LogP contribution in [0.25, 0.3) is 0 Å². The van der Waals surface area contributed by atoms with Gasteiger partial charge in [0.25, 0.3) is 5.91 Å². The van der Waals surface area contributed by atoms with Gasteiger partial charge in [-0.15, -0.1) is 0 Å². The zero-order chi connectivity index (χ0) is 21.8. The van der Waals surface area contributed by atoms with Gasteiger partial charge in [0, 0.05) is 56.2 Å². The van der Waals surface area contributed by atoms with Crippen molar-refractivity contribution in [1.82, 2.24) is 9.21 Å². The van der Waals surface area contributed by atoms with Crippen molar-refractivity contribution in [3.63, 3.8) is 0 Å². The lowest BCUT2D eigenvalue weighted by Gasteiger charge is -2.34. The number of hydrogen-bond donors (Lipinski definition) is 1. The maximum Gasteiger partial charge on any atom is 0.255 e. The first-order valence-corrected chi connectivity index (χ1v) is 12.3. The molecule has 2 heterocycles. The number of nitrogens with one attached hydrogen (secondary N) is 1. The quantitative estimate of drug-likeness (QED) is 0.771. The number of piperazine rings is 1. The Balaban J connectivity index is 1.38. The van der Waals surface area contributed by atoms with Crippen LogP contribution in [0.4, 0.5) is 11.4 Å². The van der Waals surface area contributed by atoms with Crippen molar-refractivity contribution < 1.29 is 13.2 Å². The number of benzene rings is 2. The van der Waals surface area contributed by atoms with Gasteiger partial charge >= 0.3 is 0 Å². The molecule has 7 nitrogen and oxygen atoms in total. The van der Waals surface area contributed by atoms with Crippen LogP contribution in [0.2, 0.25) is 0 Å². The first-order valence-electron chi connectivity index (χ1n) is 10.9. The molecule has 1 N–H and O–H groups in total. The highest BCUT2D eigenvalue weighted by molar-refractivity contribution is 7.89. The van der Waals surface area contributed by atoms with Gasteiger partial charge in [-0.25, -0.2) is 8.42 Å². The molecule has 2 aliphatic rings. The number of carbonyl (C=O) groups excluding carboxylic acids is 1. The minimum atomic E-state index is -3.49. The molecular formula is C23H30N4O3S. The van der Waals surface area contributed by atoms with Crippen LogP contribution in [0, 0.1) is 0 Å². The zero-order valence-electron chi connectivity index (χ0n) is 18.0. The average Bonchev–Trinajstić information content (AvgIpc) is 2.81. The van der Waals surface area contributed by atoms with Crippen molar-refractivity contribution >= 4 is 27.3 Å². The van der Waals surface area contributed by atoms with Crippen molar-refractivity contribution in [2.75, 3.05) is 56.5 Å². The third kappa shape index (κ3) is 5.08. The lowest BCUT2D eigenvalue weighted by Crippen LogP contribution is -2.44. The second kappa shape index (κ2) is 9.38. The van der Waals surface area contributed by atoms with Gasteiger partial charge in [0.1, 0.15) is 0 Å². The summed E-state index contributed by atoms with van der Waals surface area (Å²) in [7, 11) is -1.36. The molecule has 2 aromatic rings. The van der Waals surface area contributed by atoms with E-state index in [0.29, 0.717) is 24.3 Å². The van der Waals surface area contributed by atoms with E-state index in [2.05, 4.69) is 22.2 Å². The van der Waals surface area contributed by atoms with Gasteiger partial charge in [0.2, 0.25) is 10.0 Å². The van der Waals surface area contributed by atoms with Crippen LogP contribution in [-0.4, -0.2) is 69.8 Å². The standard InChI is InChI=1S/C23H30N4O3S/c1-25-15-17-26(18-16-25)21-9-7-20(8-10-21)24-23(28)19-5-11-22(12-6-19)31(29,30)27-13-3-2-4-14-27/h5-12H,2-4,13-18H2,1H3,(H,24,28). The van der Waals surface area contributed by atoms with E-state index in [9.17, 15) is 13.2 Å². The van der Waals surface area contributed by atoms with Gasteiger partial charge in [-0.3, -0.25) is 4.79 Å². The van der Waals surface area contributed by atoms with Gasteiger partial charge in [0.15, 0.2) is 0 Å². The fourth-order valence-corrected chi connectivity index (χ4v) is 5.57.